The zero-order valence-electron chi connectivity index (χ0n) is 11.1. The lowest BCUT2D eigenvalue weighted by Crippen LogP contribution is -2.41. The Hall–Kier alpha value is -0.420. The van der Waals surface area contributed by atoms with E-state index in [1.165, 1.54) is 0 Å². The number of carbonyl (C=O) groups is 1. The summed E-state index contributed by atoms with van der Waals surface area (Å²) in [6.45, 7) is 5.70. The van der Waals surface area contributed by atoms with E-state index in [9.17, 15) is 9.00 Å². The number of hydrogen-bond acceptors (Lipinski definition) is 3. The zero-order chi connectivity index (χ0) is 12.8. The summed E-state index contributed by atoms with van der Waals surface area (Å²) < 4.78 is 12.1. The van der Waals surface area contributed by atoms with Gasteiger partial charge in [-0.25, -0.2) is 0 Å². The maximum absolute atomic E-state index is 12.1. The number of nitrogens with one attached hydrogen (secondary N) is 1. The van der Waals surface area contributed by atoms with E-state index in [0.29, 0.717) is 0 Å². The highest BCUT2D eigenvalue weighted by Gasteiger charge is 2.25. The fraction of sp³-hybridized carbons (Fsp3) is 0.917. The third kappa shape index (κ3) is 4.07. The molecule has 0 aromatic heterocycles. The van der Waals surface area contributed by atoms with Crippen LogP contribution in [0.1, 0.15) is 33.1 Å². The normalized spacial score (nSPS) is 21.2. The highest BCUT2D eigenvalue weighted by molar-refractivity contribution is 7.86. The Morgan fingerprint density at radius 2 is 2.00 bits per heavy atom. The average molecular weight is 260 g/mol. The first kappa shape index (κ1) is 14.6. The minimum atomic E-state index is -1.07. The molecule has 1 N–H and O–H groups in total. The molecule has 3 unspecified atom stereocenters. The van der Waals surface area contributed by atoms with Crippen LogP contribution in [0.15, 0.2) is 0 Å². The molecule has 17 heavy (non-hydrogen) atoms. The summed E-state index contributed by atoms with van der Waals surface area (Å²) >= 11 is 0. The van der Waals surface area contributed by atoms with Crippen molar-refractivity contribution in [1.82, 2.24) is 10.2 Å². The highest BCUT2D eigenvalue weighted by atomic mass is 32.2. The highest BCUT2D eigenvalue weighted by Crippen LogP contribution is 2.11. The fourth-order valence-electron chi connectivity index (χ4n) is 2.26. The topological polar surface area (TPSA) is 49.4 Å². The van der Waals surface area contributed by atoms with Crippen LogP contribution in [-0.4, -0.2) is 52.2 Å². The SMILES string of the molecule is CCC(NC)C(C)S(=O)CC(=O)N1CCCC1. The van der Waals surface area contributed by atoms with Crippen LogP contribution in [0.5, 0.6) is 0 Å². The summed E-state index contributed by atoms with van der Waals surface area (Å²) in [5.41, 5.74) is 0. The Morgan fingerprint density at radius 3 is 2.47 bits per heavy atom. The van der Waals surface area contributed by atoms with Crippen LogP contribution in [0.25, 0.3) is 0 Å². The van der Waals surface area contributed by atoms with E-state index >= 15 is 0 Å². The van der Waals surface area contributed by atoms with Gasteiger partial charge in [-0.2, -0.15) is 0 Å². The number of carbonyl (C=O) groups excluding carboxylic acids is 1. The van der Waals surface area contributed by atoms with Gasteiger partial charge in [0.05, 0.1) is 0 Å². The molecule has 0 radical (unpaired) electrons. The Kier molecular flexibility index (Phi) is 6.12. The molecule has 1 fully saturated rings. The molecule has 3 atom stereocenters. The van der Waals surface area contributed by atoms with Gasteiger partial charge in [-0.15, -0.1) is 0 Å². The quantitative estimate of drug-likeness (QED) is 0.766. The van der Waals surface area contributed by atoms with E-state index in [0.717, 1.165) is 32.4 Å². The minimum Gasteiger partial charge on any atom is -0.342 e. The second-order valence-corrected chi connectivity index (χ2v) is 6.42. The van der Waals surface area contributed by atoms with E-state index in [4.69, 9.17) is 0 Å². The molecule has 0 aromatic rings. The maximum Gasteiger partial charge on any atom is 0.235 e. The van der Waals surface area contributed by atoms with Crippen LogP contribution in [0.2, 0.25) is 0 Å². The molecular formula is C12H24N2O2S. The zero-order valence-corrected chi connectivity index (χ0v) is 11.9. The van der Waals surface area contributed by atoms with Gasteiger partial charge in [-0.1, -0.05) is 6.92 Å². The molecule has 0 spiro atoms. The van der Waals surface area contributed by atoms with Gasteiger partial charge in [-0.3, -0.25) is 9.00 Å². The lowest BCUT2D eigenvalue weighted by Gasteiger charge is -2.22. The van der Waals surface area contributed by atoms with Crippen molar-refractivity contribution in [2.75, 3.05) is 25.9 Å². The van der Waals surface area contributed by atoms with Gasteiger partial charge in [0.15, 0.2) is 0 Å². The van der Waals surface area contributed by atoms with Crippen molar-refractivity contribution in [2.24, 2.45) is 0 Å². The lowest BCUT2D eigenvalue weighted by molar-refractivity contribution is -0.127. The van der Waals surface area contributed by atoms with E-state index < -0.39 is 10.8 Å². The summed E-state index contributed by atoms with van der Waals surface area (Å²) in [5.74, 6) is 0.234. The summed E-state index contributed by atoms with van der Waals surface area (Å²) in [7, 11) is 0.805. The standard InChI is InChI=1S/C12H24N2O2S/c1-4-11(13-3)10(2)17(16)9-12(15)14-7-5-6-8-14/h10-11,13H,4-9H2,1-3H3. The average Bonchev–Trinajstić information content (AvgIpc) is 2.83. The monoisotopic (exact) mass is 260 g/mol. The predicted molar refractivity (Wildman–Crippen MR) is 71.4 cm³/mol. The van der Waals surface area contributed by atoms with Gasteiger partial charge in [0.25, 0.3) is 0 Å². The van der Waals surface area contributed by atoms with Crippen LogP contribution < -0.4 is 5.32 Å². The number of hydrogen-bond donors (Lipinski definition) is 1. The second-order valence-electron chi connectivity index (χ2n) is 4.62. The predicted octanol–water partition coefficient (Wildman–Crippen LogP) is 0.744. The van der Waals surface area contributed by atoms with E-state index in [1.807, 2.05) is 18.9 Å². The molecule has 1 aliphatic heterocycles. The third-order valence-electron chi connectivity index (χ3n) is 3.52. The molecule has 0 saturated carbocycles. The molecule has 0 aromatic carbocycles. The number of likely N-dealkylation sites (tertiary alicyclic amines) is 1. The largest absolute Gasteiger partial charge is 0.342 e. The number of nitrogens with zero attached hydrogens (tertiary/aromatic N) is 1. The first-order chi connectivity index (χ1) is 8.10. The first-order valence-electron chi connectivity index (χ1n) is 6.42. The van der Waals surface area contributed by atoms with Gasteiger partial charge in [0.2, 0.25) is 5.91 Å². The van der Waals surface area contributed by atoms with Crippen molar-refractivity contribution in [3.63, 3.8) is 0 Å². The van der Waals surface area contributed by atoms with Crippen LogP contribution in [0.4, 0.5) is 0 Å². The van der Waals surface area contributed by atoms with Gasteiger partial charge in [0.1, 0.15) is 5.75 Å². The molecule has 1 saturated heterocycles. The summed E-state index contributed by atoms with van der Waals surface area (Å²) in [6.07, 6.45) is 3.10. The fourth-order valence-corrected chi connectivity index (χ4v) is 3.65. The van der Waals surface area contributed by atoms with Gasteiger partial charge in [0, 0.05) is 35.2 Å². The lowest BCUT2D eigenvalue weighted by atomic mass is 10.2. The Balaban J connectivity index is 2.44. The molecule has 1 aliphatic rings. The maximum atomic E-state index is 12.1. The Bertz CT molecular complexity index is 274. The molecule has 0 aliphatic carbocycles. The summed E-state index contributed by atoms with van der Waals surface area (Å²) in [4.78, 5) is 13.7. The van der Waals surface area contributed by atoms with Crippen LogP contribution in [-0.2, 0) is 15.6 Å². The molecular weight excluding hydrogens is 236 g/mol. The van der Waals surface area contributed by atoms with Crippen LogP contribution in [0, 0.1) is 0 Å². The molecule has 4 nitrogen and oxygen atoms in total. The molecule has 5 heteroatoms. The Morgan fingerprint density at radius 1 is 1.41 bits per heavy atom. The molecule has 1 amide bonds. The Labute approximate surface area is 107 Å². The van der Waals surface area contributed by atoms with Crippen LogP contribution in [0.3, 0.4) is 0 Å². The first-order valence-corrected chi connectivity index (χ1v) is 7.80. The van der Waals surface area contributed by atoms with Crippen LogP contribution >= 0.6 is 0 Å². The van der Waals surface area contributed by atoms with Crippen molar-refractivity contribution in [2.45, 2.75) is 44.4 Å². The summed E-state index contributed by atoms with van der Waals surface area (Å²) in [6, 6.07) is 0.224. The summed E-state index contributed by atoms with van der Waals surface area (Å²) in [5, 5.41) is 3.18. The second kappa shape index (κ2) is 7.11. The van der Waals surface area contributed by atoms with E-state index in [1.54, 1.807) is 0 Å². The van der Waals surface area contributed by atoms with Gasteiger partial charge >= 0.3 is 0 Å². The molecule has 100 valence electrons. The molecule has 0 bridgehead atoms. The smallest absolute Gasteiger partial charge is 0.235 e. The van der Waals surface area contributed by atoms with Crippen molar-refractivity contribution < 1.29 is 9.00 Å². The molecule has 1 heterocycles. The number of amides is 1. The van der Waals surface area contributed by atoms with Crippen molar-refractivity contribution in [1.29, 1.82) is 0 Å². The van der Waals surface area contributed by atoms with Gasteiger partial charge < -0.3 is 10.2 Å². The van der Waals surface area contributed by atoms with E-state index in [-0.39, 0.29) is 23.0 Å². The van der Waals surface area contributed by atoms with Crippen molar-refractivity contribution in [3.05, 3.63) is 0 Å². The van der Waals surface area contributed by atoms with E-state index in [2.05, 4.69) is 12.2 Å². The molecule has 1 rings (SSSR count). The van der Waals surface area contributed by atoms with Crippen molar-refractivity contribution >= 4 is 16.7 Å². The van der Waals surface area contributed by atoms with Crippen molar-refractivity contribution in [3.8, 4) is 0 Å². The number of rotatable bonds is 6. The third-order valence-corrected chi connectivity index (χ3v) is 5.21. The van der Waals surface area contributed by atoms with Gasteiger partial charge in [-0.05, 0) is 33.2 Å². The minimum absolute atomic E-state index is 0.0246.